The highest BCUT2D eigenvalue weighted by molar-refractivity contribution is 7.16. The molecule has 9 heteroatoms. The zero-order valence-corrected chi connectivity index (χ0v) is 14.4. The average molecular weight is 371 g/mol. The molecule has 0 unspecified atom stereocenters. The van der Waals surface area contributed by atoms with Gasteiger partial charge < -0.3 is 14.0 Å². The van der Waals surface area contributed by atoms with E-state index in [0.29, 0.717) is 16.3 Å². The molecule has 0 atom stereocenters. The summed E-state index contributed by atoms with van der Waals surface area (Å²) in [5.41, 5.74) is 0.775. The molecule has 1 fully saturated rings. The lowest BCUT2D eigenvalue weighted by atomic mass is 10.3. The SMILES string of the molecule is C#CCn1c(=NC(=O)CN2C(=O)CCC2=O)sc2cc3c(cc21)OCO3. The number of ether oxygens (including phenoxy) is 2. The van der Waals surface area contributed by atoms with Crippen molar-refractivity contribution in [2.24, 2.45) is 4.99 Å². The summed E-state index contributed by atoms with van der Waals surface area (Å²) in [5, 5.41) is 0. The Morgan fingerprint density at radius 3 is 2.62 bits per heavy atom. The zero-order chi connectivity index (χ0) is 18.3. The van der Waals surface area contributed by atoms with Crippen molar-refractivity contribution in [1.82, 2.24) is 9.47 Å². The first kappa shape index (κ1) is 16.4. The van der Waals surface area contributed by atoms with Crippen molar-refractivity contribution in [3.05, 3.63) is 16.9 Å². The molecule has 2 aliphatic heterocycles. The number of aromatic nitrogens is 1. The van der Waals surface area contributed by atoms with Crippen LogP contribution < -0.4 is 14.3 Å². The van der Waals surface area contributed by atoms with E-state index in [1.807, 2.05) is 6.07 Å². The van der Waals surface area contributed by atoms with Crippen LogP contribution in [0.15, 0.2) is 17.1 Å². The molecule has 1 aromatic carbocycles. The van der Waals surface area contributed by atoms with Crippen LogP contribution in [0.1, 0.15) is 12.8 Å². The number of nitrogens with zero attached hydrogens (tertiary/aromatic N) is 3. The minimum Gasteiger partial charge on any atom is -0.454 e. The van der Waals surface area contributed by atoms with Gasteiger partial charge in [0.25, 0.3) is 5.91 Å². The molecule has 3 heterocycles. The Labute approximate surface area is 151 Å². The molecule has 0 spiro atoms. The van der Waals surface area contributed by atoms with Gasteiger partial charge in [-0.05, 0) is 0 Å². The van der Waals surface area contributed by atoms with E-state index < -0.39 is 5.91 Å². The van der Waals surface area contributed by atoms with Gasteiger partial charge >= 0.3 is 0 Å². The summed E-state index contributed by atoms with van der Waals surface area (Å²) in [6.07, 6.45) is 5.72. The lowest BCUT2D eigenvalue weighted by Gasteiger charge is -2.10. The summed E-state index contributed by atoms with van der Waals surface area (Å²) in [7, 11) is 0. The second-order valence-corrected chi connectivity index (χ2v) is 6.74. The second kappa shape index (κ2) is 6.31. The van der Waals surface area contributed by atoms with Crippen molar-refractivity contribution >= 4 is 39.3 Å². The van der Waals surface area contributed by atoms with Gasteiger partial charge in [0.15, 0.2) is 16.3 Å². The fourth-order valence-corrected chi connectivity index (χ4v) is 3.92. The Morgan fingerprint density at radius 2 is 1.92 bits per heavy atom. The predicted molar refractivity (Wildman–Crippen MR) is 91.3 cm³/mol. The summed E-state index contributed by atoms with van der Waals surface area (Å²) in [6.45, 7) is 0.0212. The van der Waals surface area contributed by atoms with E-state index >= 15 is 0 Å². The Hall–Kier alpha value is -3.12. The number of amides is 3. The van der Waals surface area contributed by atoms with Gasteiger partial charge in [-0.1, -0.05) is 17.3 Å². The molecule has 3 amide bonds. The summed E-state index contributed by atoms with van der Waals surface area (Å²) < 4.78 is 13.3. The van der Waals surface area contributed by atoms with Gasteiger partial charge in [0.2, 0.25) is 18.6 Å². The molecule has 132 valence electrons. The number of likely N-dealkylation sites (tertiary alicyclic amines) is 1. The van der Waals surface area contributed by atoms with Crippen LogP contribution in [0.2, 0.25) is 0 Å². The van der Waals surface area contributed by atoms with Crippen LogP contribution in [-0.2, 0) is 20.9 Å². The third-order valence-electron chi connectivity index (χ3n) is 4.10. The highest BCUT2D eigenvalue weighted by Gasteiger charge is 2.30. The first-order chi connectivity index (χ1) is 12.6. The van der Waals surface area contributed by atoms with Crippen LogP contribution in [0.3, 0.4) is 0 Å². The number of carbonyl (C=O) groups excluding carboxylic acids is 3. The van der Waals surface area contributed by atoms with Crippen LogP contribution in [0.4, 0.5) is 0 Å². The Morgan fingerprint density at radius 1 is 1.23 bits per heavy atom. The van der Waals surface area contributed by atoms with Crippen LogP contribution in [0.25, 0.3) is 10.2 Å². The number of hydrogen-bond donors (Lipinski definition) is 0. The van der Waals surface area contributed by atoms with Gasteiger partial charge in [-0.2, -0.15) is 4.99 Å². The number of terminal acetylenes is 1. The van der Waals surface area contributed by atoms with Crippen molar-refractivity contribution in [3.63, 3.8) is 0 Å². The van der Waals surface area contributed by atoms with Gasteiger partial charge in [0.1, 0.15) is 6.54 Å². The van der Waals surface area contributed by atoms with Gasteiger partial charge in [-0.3, -0.25) is 19.3 Å². The minimum absolute atomic E-state index is 0.137. The summed E-state index contributed by atoms with van der Waals surface area (Å²) >= 11 is 1.27. The number of thiazole rings is 1. The molecule has 0 bridgehead atoms. The second-order valence-electron chi connectivity index (χ2n) is 5.73. The molecule has 8 nitrogen and oxygen atoms in total. The monoisotopic (exact) mass is 371 g/mol. The van der Waals surface area contributed by atoms with Crippen LogP contribution >= 0.6 is 11.3 Å². The fraction of sp³-hybridized carbons (Fsp3) is 0.294. The van der Waals surface area contributed by atoms with E-state index in [-0.39, 0.29) is 44.5 Å². The van der Waals surface area contributed by atoms with E-state index in [0.717, 1.165) is 15.1 Å². The van der Waals surface area contributed by atoms with Crippen molar-refractivity contribution in [2.75, 3.05) is 13.3 Å². The smallest absolute Gasteiger partial charge is 0.268 e. The molecule has 0 saturated carbocycles. The number of benzene rings is 1. The quantitative estimate of drug-likeness (QED) is 0.583. The molecule has 0 N–H and O–H groups in total. The topological polar surface area (TPSA) is 90.2 Å². The molecule has 2 aliphatic rings. The Bertz CT molecular complexity index is 1040. The number of rotatable bonds is 3. The van der Waals surface area contributed by atoms with Crippen LogP contribution in [0, 0.1) is 12.3 Å². The maximum Gasteiger partial charge on any atom is 0.268 e. The molecule has 0 radical (unpaired) electrons. The van der Waals surface area contributed by atoms with Crippen molar-refractivity contribution in [2.45, 2.75) is 19.4 Å². The first-order valence-electron chi connectivity index (χ1n) is 7.84. The average Bonchev–Trinajstić information content (AvgIpc) is 3.28. The standard InChI is InChI=1S/C17H13N3O5S/c1-2-5-19-10-6-11-12(25-9-24-11)7-13(10)26-17(19)18-14(21)8-20-15(22)3-4-16(20)23/h1,6-7H,3-5,8-9H2. The summed E-state index contributed by atoms with van der Waals surface area (Å²) in [4.78, 5) is 41.0. The lowest BCUT2D eigenvalue weighted by Crippen LogP contribution is -2.34. The molecule has 0 aliphatic carbocycles. The van der Waals surface area contributed by atoms with Crippen molar-refractivity contribution in [3.8, 4) is 23.8 Å². The maximum absolute atomic E-state index is 12.3. The van der Waals surface area contributed by atoms with E-state index in [1.54, 1.807) is 10.6 Å². The van der Waals surface area contributed by atoms with Crippen molar-refractivity contribution in [1.29, 1.82) is 0 Å². The molecular formula is C17H13N3O5S. The van der Waals surface area contributed by atoms with Gasteiger partial charge in [-0.15, -0.1) is 6.42 Å². The fourth-order valence-electron chi connectivity index (χ4n) is 2.87. The first-order valence-corrected chi connectivity index (χ1v) is 8.65. The molecular weight excluding hydrogens is 358 g/mol. The summed E-state index contributed by atoms with van der Waals surface area (Å²) in [6, 6.07) is 3.61. The van der Waals surface area contributed by atoms with Crippen LogP contribution in [-0.4, -0.2) is 40.5 Å². The molecule has 2 aromatic rings. The largest absolute Gasteiger partial charge is 0.454 e. The Kier molecular flexibility index (Phi) is 3.97. The maximum atomic E-state index is 12.3. The third kappa shape index (κ3) is 2.74. The van der Waals surface area contributed by atoms with Gasteiger partial charge in [0, 0.05) is 25.0 Å². The number of carbonyl (C=O) groups is 3. The molecule has 4 rings (SSSR count). The van der Waals surface area contributed by atoms with Gasteiger partial charge in [-0.25, -0.2) is 0 Å². The predicted octanol–water partition coefficient (Wildman–Crippen LogP) is 0.641. The number of imide groups is 1. The normalized spacial score (nSPS) is 16.6. The Balaban J connectivity index is 1.73. The van der Waals surface area contributed by atoms with Crippen LogP contribution in [0.5, 0.6) is 11.5 Å². The number of fused-ring (bicyclic) bond motifs is 2. The number of hydrogen-bond acceptors (Lipinski definition) is 6. The van der Waals surface area contributed by atoms with Crippen molar-refractivity contribution < 1.29 is 23.9 Å². The zero-order valence-electron chi connectivity index (χ0n) is 13.6. The van der Waals surface area contributed by atoms with E-state index in [4.69, 9.17) is 15.9 Å². The van der Waals surface area contributed by atoms with E-state index in [1.165, 1.54) is 11.3 Å². The summed E-state index contributed by atoms with van der Waals surface area (Å²) in [5.74, 6) is 2.49. The van der Waals surface area contributed by atoms with E-state index in [2.05, 4.69) is 10.9 Å². The molecule has 26 heavy (non-hydrogen) atoms. The van der Waals surface area contributed by atoms with Gasteiger partial charge in [0.05, 0.1) is 16.8 Å². The lowest BCUT2D eigenvalue weighted by molar-refractivity contribution is -0.141. The van der Waals surface area contributed by atoms with E-state index in [9.17, 15) is 14.4 Å². The third-order valence-corrected chi connectivity index (χ3v) is 5.14. The molecule has 1 saturated heterocycles. The minimum atomic E-state index is -0.578. The molecule has 1 aromatic heterocycles. The highest BCUT2D eigenvalue weighted by Crippen LogP contribution is 2.36. The highest BCUT2D eigenvalue weighted by atomic mass is 32.1.